The minimum atomic E-state index is 0.391. The van der Waals surface area contributed by atoms with Crippen LogP contribution in [0.4, 0.5) is 0 Å². The van der Waals surface area contributed by atoms with Gasteiger partial charge in [0.25, 0.3) is 0 Å². The largest absolute Gasteiger partial charge is 0.299 e. The summed E-state index contributed by atoms with van der Waals surface area (Å²) in [4.78, 5) is 10.2. The fourth-order valence-corrected chi connectivity index (χ4v) is 1.90. The standard InChI is InChI=1S/C3H7IOSi/c4-1-3(5)2-6/h1-2H2,6H3. The van der Waals surface area contributed by atoms with Gasteiger partial charge in [0.1, 0.15) is 5.78 Å². The molecule has 0 radical (unpaired) electrons. The van der Waals surface area contributed by atoms with E-state index in [1.54, 1.807) is 0 Å². The molecule has 1 nitrogen and oxygen atoms in total. The molecule has 36 valence electrons. The number of carbonyl (C=O) groups is 1. The van der Waals surface area contributed by atoms with Gasteiger partial charge in [-0.25, -0.2) is 0 Å². The van der Waals surface area contributed by atoms with Gasteiger partial charge in [-0.1, -0.05) is 22.6 Å². The molecule has 0 N–H and O–H groups in total. The lowest BCUT2D eigenvalue weighted by Gasteiger charge is -1.79. The van der Waals surface area contributed by atoms with E-state index in [0.29, 0.717) is 10.2 Å². The molecule has 0 heterocycles. The molecule has 3 heteroatoms. The number of Topliss-reactive ketones (excluding diaryl/α,β-unsaturated/α-hetero) is 1. The molecule has 0 rings (SSSR count). The van der Waals surface area contributed by atoms with Crippen LogP contribution in [0.25, 0.3) is 0 Å². The van der Waals surface area contributed by atoms with Crippen molar-refractivity contribution in [2.24, 2.45) is 0 Å². The smallest absolute Gasteiger partial charge is 0.139 e. The lowest BCUT2D eigenvalue weighted by molar-refractivity contribution is -0.114. The van der Waals surface area contributed by atoms with E-state index < -0.39 is 0 Å². The van der Waals surface area contributed by atoms with E-state index in [0.717, 1.165) is 16.3 Å². The van der Waals surface area contributed by atoms with Gasteiger partial charge < -0.3 is 0 Å². The van der Waals surface area contributed by atoms with Gasteiger partial charge in [-0.2, -0.15) is 0 Å². The summed E-state index contributed by atoms with van der Waals surface area (Å²) in [5.41, 5.74) is 0. The van der Waals surface area contributed by atoms with E-state index in [-0.39, 0.29) is 0 Å². The zero-order valence-electron chi connectivity index (χ0n) is 3.70. The zero-order chi connectivity index (χ0) is 4.99. The van der Waals surface area contributed by atoms with Gasteiger partial charge >= 0.3 is 0 Å². The summed E-state index contributed by atoms with van der Waals surface area (Å²) in [6.45, 7) is 0. The summed E-state index contributed by atoms with van der Waals surface area (Å²) in [6.07, 6.45) is 0. The summed E-state index contributed by atoms with van der Waals surface area (Å²) in [5, 5.41) is 0. The maximum atomic E-state index is 10.2. The number of halogens is 1. The van der Waals surface area contributed by atoms with Crippen LogP contribution in [0.2, 0.25) is 6.04 Å². The summed E-state index contributed by atoms with van der Waals surface area (Å²) >= 11 is 2.09. The molecular formula is C3H7IOSi. The van der Waals surface area contributed by atoms with Crippen LogP contribution < -0.4 is 0 Å². The van der Waals surface area contributed by atoms with Gasteiger partial charge in [-0.15, -0.1) is 0 Å². The van der Waals surface area contributed by atoms with E-state index in [1.165, 1.54) is 0 Å². The van der Waals surface area contributed by atoms with E-state index in [1.807, 2.05) is 0 Å². The van der Waals surface area contributed by atoms with Gasteiger partial charge in [0.15, 0.2) is 0 Å². The summed E-state index contributed by atoms with van der Waals surface area (Å²) in [7, 11) is 1.03. The van der Waals surface area contributed by atoms with Crippen LogP contribution in [0.15, 0.2) is 0 Å². The number of rotatable bonds is 2. The Morgan fingerprint density at radius 2 is 2.33 bits per heavy atom. The van der Waals surface area contributed by atoms with Crippen LogP contribution in [0.5, 0.6) is 0 Å². The maximum Gasteiger partial charge on any atom is 0.139 e. The van der Waals surface area contributed by atoms with Crippen molar-refractivity contribution in [2.45, 2.75) is 6.04 Å². The molecule has 0 amide bonds. The quantitative estimate of drug-likeness (QED) is 0.352. The predicted molar refractivity (Wildman–Crippen MR) is 38.6 cm³/mol. The van der Waals surface area contributed by atoms with E-state index in [9.17, 15) is 4.79 Å². The second-order valence-electron chi connectivity index (χ2n) is 1.03. The predicted octanol–water partition coefficient (Wildman–Crippen LogP) is -0.226. The van der Waals surface area contributed by atoms with Crippen molar-refractivity contribution in [2.75, 3.05) is 4.43 Å². The monoisotopic (exact) mass is 214 g/mol. The molecule has 0 aromatic carbocycles. The molecule has 0 unspecified atom stereocenters. The first-order valence-corrected chi connectivity index (χ1v) is 4.83. The lowest BCUT2D eigenvalue weighted by Crippen LogP contribution is -1.94. The van der Waals surface area contributed by atoms with Crippen LogP contribution in [-0.4, -0.2) is 20.5 Å². The Balaban J connectivity index is 2.99. The molecule has 0 aromatic heterocycles. The minimum Gasteiger partial charge on any atom is -0.299 e. The third kappa shape index (κ3) is 2.83. The normalized spacial score (nSPS) is 8.83. The highest BCUT2D eigenvalue weighted by Gasteiger charge is 1.88. The Morgan fingerprint density at radius 3 is 2.33 bits per heavy atom. The molecule has 6 heavy (non-hydrogen) atoms. The van der Waals surface area contributed by atoms with Crippen LogP contribution in [-0.2, 0) is 4.79 Å². The molecule has 0 fully saturated rings. The summed E-state index contributed by atoms with van der Waals surface area (Å²) in [5.74, 6) is 0.391. The number of ketones is 1. The molecule has 0 aliphatic rings. The molecule has 0 aliphatic heterocycles. The van der Waals surface area contributed by atoms with Crippen molar-refractivity contribution in [1.82, 2.24) is 0 Å². The molecule has 0 aromatic rings. The maximum absolute atomic E-state index is 10.2. The van der Waals surface area contributed by atoms with E-state index in [2.05, 4.69) is 22.6 Å². The Labute approximate surface area is 54.1 Å². The average Bonchev–Trinajstić information content (AvgIpc) is 1.65. The molecule has 0 saturated carbocycles. The number of hydrogen-bond donors (Lipinski definition) is 0. The van der Waals surface area contributed by atoms with Crippen molar-refractivity contribution in [3.63, 3.8) is 0 Å². The fourth-order valence-electron chi connectivity index (χ4n) is 0.0945. The first-order chi connectivity index (χ1) is 2.81. The Morgan fingerprint density at radius 1 is 1.83 bits per heavy atom. The molecule has 0 bridgehead atoms. The molecule has 0 spiro atoms. The van der Waals surface area contributed by atoms with Gasteiger partial charge in [-0.05, 0) is 6.04 Å². The molecular weight excluding hydrogens is 207 g/mol. The van der Waals surface area contributed by atoms with Crippen LogP contribution >= 0.6 is 22.6 Å². The fraction of sp³-hybridized carbons (Fsp3) is 0.667. The van der Waals surface area contributed by atoms with E-state index >= 15 is 0 Å². The average molecular weight is 214 g/mol. The minimum absolute atomic E-state index is 0.391. The number of hydrogen-bond acceptors (Lipinski definition) is 1. The van der Waals surface area contributed by atoms with E-state index in [4.69, 9.17) is 0 Å². The molecule has 0 aliphatic carbocycles. The SMILES string of the molecule is O=C(C[SiH3])CI. The lowest BCUT2D eigenvalue weighted by atomic mass is 10.5. The third-order valence-electron chi connectivity index (χ3n) is 0.543. The number of alkyl halides is 1. The van der Waals surface area contributed by atoms with Crippen molar-refractivity contribution < 1.29 is 4.79 Å². The third-order valence-corrected chi connectivity index (χ3v) is 2.18. The Kier molecular flexibility index (Phi) is 4.19. The van der Waals surface area contributed by atoms with Crippen LogP contribution in [0, 0.1) is 0 Å². The zero-order valence-corrected chi connectivity index (χ0v) is 7.86. The first kappa shape index (κ1) is 6.62. The van der Waals surface area contributed by atoms with Crippen LogP contribution in [0.3, 0.4) is 0 Å². The Hall–Kier alpha value is 0.617. The molecule has 0 atom stereocenters. The molecule has 0 saturated heterocycles. The second kappa shape index (κ2) is 3.79. The van der Waals surface area contributed by atoms with Crippen molar-refractivity contribution in [3.8, 4) is 0 Å². The highest BCUT2D eigenvalue weighted by Crippen LogP contribution is 1.84. The van der Waals surface area contributed by atoms with Gasteiger partial charge in [0, 0.05) is 10.2 Å². The summed E-state index contributed by atoms with van der Waals surface area (Å²) < 4.78 is 0.696. The van der Waals surface area contributed by atoms with Crippen LogP contribution in [0.1, 0.15) is 0 Å². The summed E-state index contributed by atoms with van der Waals surface area (Å²) in [6, 6.07) is 0.822. The highest BCUT2D eigenvalue weighted by molar-refractivity contribution is 14.1. The Bertz CT molecular complexity index is 48.8. The van der Waals surface area contributed by atoms with Crippen molar-refractivity contribution in [1.29, 1.82) is 0 Å². The van der Waals surface area contributed by atoms with Gasteiger partial charge in [0.05, 0.1) is 4.43 Å². The van der Waals surface area contributed by atoms with Gasteiger partial charge in [-0.3, -0.25) is 4.79 Å². The van der Waals surface area contributed by atoms with Gasteiger partial charge in [0.2, 0.25) is 0 Å². The first-order valence-electron chi connectivity index (χ1n) is 1.89. The topological polar surface area (TPSA) is 17.1 Å². The van der Waals surface area contributed by atoms with Crippen molar-refractivity contribution >= 4 is 38.6 Å². The second-order valence-corrected chi connectivity index (χ2v) is 2.50. The highest BCUT2D eigenvalue weighted by atomic mass is 127. The van der Waals surface area contributed by atoms with Crippen molar-refractivity contribution in [3.05, 3.63) is 0 Å². The number of carbonyl (C=O) groups excluding carboxylic acids is 1.